The van der Waals surface area contributed by atoms with E-state index in [1.54, 1.807) is 6.07 Å². The molecule has 0 saturated carbocycles. The van der Waals surface area contributed by atoms with Crippen LogP contribution >= 0.6 is 0 Å². The molecule has 4 aromatic rings. The van der Waals surface area contributed by atoms with Gasteiger partial charge in [-0.25, -0.2) is 4.98 Å². The van der Waals surface area contributed by atoms with E-state index in [1.165, 1.54) is 13.2 Å². The fourth-order valence-electron chi connectivity index (χ4n) is 3.48. The molecule has 7 heteroatoms. The summed E-state index contributed by atoms with van der Waals surface area (Å²) >= 11 is 0. The second-order valence-corrected chi connectivity index (χ2v) is 7.54. The van der Waals surface area contributed by atoms with E-state index in [4.69, 9.17) is 9.47 Å². The van der Waals surface area contributed by atoms with Crippen LogP contribution in [0.1, 0.15) is 22.3 Å². The van der Waals surface area contributed by atoms with Crippen LogP contribution in [0.4, 0.5) is 5.69 Å². The number of nitrogens with one attached hydrogen (secondary N) is 1. The minimum absolute atomic E-state index is 0.0994. The summed E-state index contributed by atoms with van der Waals surface area (Å²) in [6.07, 6.45) is 0. The van der Waals surface area contributed by atoms with Crippen molar-refractivity contribution >= 4 is 16.7 Å². The van der Waals surface area contributed by atoms with E-state index < -0.39 is 4.92 Å². The summed E-state index contributed by atoms with van der Waals surface area (Å²) in [4.78, 5) is 19.3. The van der Waals surface area contributed by atoms with Crippen molar-refractivity contribution in [1.82, 2.24) is 9.97 Å². The van der Waals surface area contributed by atoms with Crippen molar-refractivity contribution in [2.75, 3.05) is 7.11 Å². The maximum atomic E-state index is 11.9. The number of ether oxygens (including phenoxy) is 2. The average Bonchev–Trinajstić information content (AvgIpc) is 3.15. The van der Waals surface area contributed by atoms with E-state index in [0.717, 1.165) is 33.3 Å². The van der Waals surface area contributed by atoms with E-state index in [1.807, 2.05) is 57.2 Å². The number of methoxy groups -OCH3 is 1. The van der Waals surface area contributed by atoms with Gasteiger partial charge in [-0.3, -0.25) is 10.1 Å². The Balaban J connectivity index is 1.76. The van der Waals surface area contributed by atoms with Crippen molar-refractivity contribution in [3.63, 3.8) is 0 Å². The van der Waals surface area contributed by atoms with Crippen molar-refractivity contribution in [2.24, 2.45) is 0 Å². The van der Waals surface area contributed by atoms with Crippen molar-refractivity contribution in [1.29, 1.82) is 0 Å². The Kier molecular flexibility index (Phi) is 5.33. The number of aromatic amines is 1. The zero-order valence-electron chi connectivity index (χ0n) is 17.9. The number of fused-ring (bicyclic) bond motifs is 1. The summed E-state index contributed by atoms with van der Waals surface area (Å²) in [6, 6.07) is 14.9. The molecule has 0 atom stereocenters. The lowest BCUT2D eigenvalue weighted by Gasteiger charge is -2.13. The third kappa shape index (κ3) is 3.94. The molecule has 158 valence electrons. The number of aromatic nitrogens is 2. The number of nitrogens with zero attached hydrogens (tertiary/aromatic N) is 2. The van der Waals surface area contributed by atoms with Gasteiger partial charge in [0.25, 0.3) is 0 Å². The van der Waals surface area contributed by atoms with Crippen molar-refractivity contribution < 1.29 is 14.4 Å². The van der Waals surface area contributed by atoms with Crippen molar-refractivity contribution in [2.45, 2.75) is 27.4 Å². The quantitative estimate of drug-likeness (QED) is 0.323. The Bertz CT molecular complexity index is 1250. The number of nitro benzene ring substituents is 1. The van der Waals surface area contributed by atoms with Crippen LogP contribution in [0.25, 0.3) is 22.4 Å². The number of imidazole rings is 1. The van der Waals surface area contributed by atoms with Gasteiger partial charge in [-0.2, -0.15) is 0 Å². The zero-order valence-corrected chi connectivity index (χ0v) is 17.9. The van der Waals surface area contributed by atoms with Gasteiger partial charge in [-0.1, -0.05) is 24.3 Å². The number of H-pyrrole nitrogens is 1. The molecule has 1 aromatic heterocycles. The third-order valence-electron chi connectivity index (χ3n) is 5.46. The van der Waals surface area contributed by atoms with Crippen LogP contribution in [0.15, 0.2) is 48.5 Å². The molecule has 1 N–H and O–H groups in total. The molecule has 0 bridgehead atoms. The SMILES string of the molecule is COc1cc(-c2nc3cc(C)c(C)cc3[nH]2)cc([N+](=O)[O-])c1OCc1ccccc1C. The first-order valence-corrected chi connectivity index (χ1v) is 9.88. The van der Waals surface area contributed by atoms with Gasteiger partial charge >= 0.3 is 5.69 Å². The highest BCUT2D eigenvalue weighted by molar-refractivity contribution is 5.82. The van der Waals surface area contributed by atoms with Gasteiger partial charge in [-0.15, -0.1) is 0 Å². The van der Waals surface area contributed by atoms with E-state index in [9.17, 15) is 10.1 Å². The van der Waals surface area contributed by atoms with Gasteiger partial charge < -0.3 is 14.5 Å². The maximum Gasteiger partial charge on any atom is 0.315 e. The summed E-state index contributed by atoms with van der Waals surface area (Å²) < 4.78 is 11.3. The molecule has 0 aliphatic heterocycles. The summed E-state index contributed by atoms with van der Waals surface area (Å²) in [5.41, 5.74) is 6.34. The smallest absolute Gasteiger partial charge is 0.315 e. The highest BCUT2D eigenvalue weighted by Crippen LogP contribution is 2.41. The van der Waals surface area contributed by atoms with Gasteiger partial charge in [0.2, 0.25) is 5.75 Å². The Hall–Kier alpha value is -3.87. The zero-order chi connectivity index (χ0) is 22.1. The third-order valence-corrected chi connectivity index (χ3v) is 5.46. The molecule has 4 rings (SSSR count). The summed E-state index contributed by atoms with van der Waals surface area (Å²) in [7, 11) is 1.47. The molecule has 0 aliphatic rings. The summed E-state index contributed by atoms with van der Waals surface area (Å²) in [5.74, 6) is 0.916. The van der Waals surface area contributed by atoms with Gasteiger partial charge in [0.05, 0.1) is 23.1 Å². The van der Waals surface area contributed by atoms with Crippen LogP contribution in [0, 0.1) is 30.9 Å². The number of hydrogen-bond acceptors (Lipinski definition) is 5. The lowest BCUT2D eigenvalue weighted by Crippen LogP contribution is -2.03. The summed E-state index contributed by atoms with van der Waals surface area (Å²) in [6.45, 7) is 6.23. The second-order valence-electron chi connectivity index (χ2n) is 7.54. The first-order chi connectivity index (χ1) is 14.9. The molecule has 0 radical (unpaired) electrons. The van der Waals surface area contributed by atoms with E-state index in [0.29, 0.717) is 11.4 Å². The molecular formula is C24H23N3O4. The fourth-order valence-corrected chi connectivity index (χ4v) is 3.48. The number of hydrogen-bond donors (Lipinski definition) is 1. The lowest BCUT2D eigenvalue weighted by molar-refractivity contribution is -0.386. The largest absolute Gasteiger partial charge is 0.493 e. The normalized spacial score (nSPS) is 11.0. The molecule has 0 fully saturated rings. The highest BCUT2D eigenvalue weighted by Gasteiger charge is 2.24. The monoisotopic (exact) mass is 417 g/mol. The molecule has 31 heavy (non-hydrogen) atoms. The number of nitro groups is 1. The Morgan fingerprint density at radius 2 is 1.77 bits per heavy atom. The van der Waals surface area contributed by atoms with Crippen LogP contribution in [-0.4, -0.2) is 22.0 Å². The van der Waals surface area contributed by atoms with Crippen molar-refractivity contribution in [3.05, 3.63) is 80.9 Å². The number of benzene rings is 3. The fraction of sp³-hybridized carbons (Fsp3) is 0.208. The second kappa shape index (κ2) is 8.10. The molecule has 3 aromatic carbocycles. The standard InChI is InChI=1S/C24H23N3O4/c1-14-7-5-6-8-17(14)13-31-23-21(27(28)29)11-18(12-22(23)30-4)24-25-19-9-15(2)16(3)10-20(19)26-24/h5-12H,13H2,1-4H3,(H,25,26). The topological polar surface area (TPSA) is 90.3 Å². The van der Waals surface area contributed by atoms with Crippen LogP contribution in [-0.2, 0) is 6.61 Å². The summed E-state index contributed by atoms with van der Waals surface area (Å²) in [5, 5.41) is 11.9. The Morgan fingerprint density at radius 1 is 1.03 bits per heavy atom. The van der Waals surface area contributed by atoms with Crippen LogP contribution < -0.4 is 9.47 Å². The molecule has 0 saturated heterocycles. The molecule has 0 unspecified atom stereocenters. The van der Waals surface area contributed by atoms with E-state index in [-0.39, 0.29) is 23.8 Å². The predicted octanol–water partition coefficient (Wildman–Crippen LogP) is 5.65. The van der Waals surface area contributed by atoms with E-state index in [2.05, 4.69) is 9.97 Å². The maximum absolute atomic E-state index is 11.9. The minimum Gasteiger partial charge on any atom is -0.493 e. The van der Waals surface area contributed by atoms with E-state index >= 15 is 0 Å². The van der Waals surface area contributed by atoms with Gasteiger partial charge in [0, 0.05) is 11.6 Å². The lowest BCUT2D eigenvalue weighted by atomic mass is 10.1. The van der Waals surface area contributed by atoms with Crippen LogP contribution in [0.5, 0.6) is 11.5 Å². The highest BCUT2D eigenvalue weighted by atomic mass is 16.6. The molecular weight excluding hydrogens is 394 g/mol. The van der Waals surface area contributed by atoms with Crippen LogP contribution in [0.3, 0.4) is 0 Å². The van der Waals surface area contributed by atoms with Gasteiger partial charge in [0.15, 0.2) is 5.75 Å². The molecule has 7 nitrogen and oxygen atoms in total. The average molecular weight is 417 g/mol. The molecule has 0 amide bonds. The minimum atomic E-state index is -0.462. The number of aryl methyl sites for hydroxylation is 3. The first-order valence-electron chi connectivity index (χ1n) is 9.88. The first kappa shape index (κ1) is 20.4. The molecule has 1 heterocycles. The van der Waals surface area contributed by atoms with Gasteiger partial charge in [-0.05, 0) is 61.2 Å². The van der Waals surface area contributed by atoms with Crippen LogP contribution in [0.2, 0.25) is 0 Å². The molecule has 0 aliphatic carbocycles. The van der Waals surface area contributed by atoms with Gasteiger partial charge in [0.1, 0.15) is 12.4 Å². The Morgan fingerprint density at radius 3 is 2.48 bits per heavy atom. The predicted molar refractivity (Wildman–Crippen MR) is 120 cm³/mol. The van der Waals surface area contributed by atoms with Crippen molar-refractivity contribution in [3.8, 4) is 22.9 Å². The Labute approximate surface area is 179 Å². The molecule has 0 spiro atoms. The number of rotatable bonds is 6.